The number of ether oxygens (including phenoxy) is 1. The van der Waals surface area contributed by atoms with Gasteiger partial charge in [0.1, 0.15) is 0 Å². The van der Waals surface area contributed by atoms with Crippen LogP contribution in [0.3, 0.4) is 0 Å². The van der Waals surface area contributed by atoms with E-state index in [2.05, 4.69) is 4.99 Å². The van der Waals surface area contributed by atoms with Crippen molar-refractivity contribution < 1.29 is 9.53 Å². The Labute approximate surface area is 139 Å². The van der Waals surface area contributed by atoms with Gasteiger partial charge in [0.2, 0.25) is 5.90 Å². The molecule has 0 bridgehead atoms. The SMILES string of the molecule is CN(C)c1ccc(/C=C2\N=C(c3ccc(Cl)cc3)OC2=O)cc1. The van der Waals surface area contributed by atoms with Gasteiger partial charge in [0.25, 0.3) is 0 Å². The first kappa shape index (κ1) is 15.3. The number of cyclic esters (lactones) is 1. The van der Waals surface area contributed by atoms with E-state index in [0.29, 0.717) is 16.5 Å². The van der Waals surface area contributed by atoms with Gasteiger partial charge in [0, 0.05) is 30.4 Å². The first-order valence-electron chi connectivity index (χ1n) is 7.09. The molecule has 0 spiro atoms. The summed E-state index contributed by atoms with van der Waals surface area (Å²) in [7, 11) is 3.95. The maximum Gasteiger partial charge on any atom is 0.363 e. The van der Waals surface area contributed by atoms with Gasteiger partial charge in [-0.15, -0.1) is 0 Å². The lowest BCUT2D eigenvalue weighted by Crippen LogP contribution is -2.08. The average molecular weight is 327 g/mol. The lowest BCUT2D eigenvalue weighted by Gasteiger charge is -2.11. The number of carbonyl (C=O) groups is 1. The summed E-state index contributed by atoms with van der Waals surface area (Å²) in [5.41, 5.74) is 2.98. The van der Waals surface area contributed by atoms with Crippen molar-refractivity contribution in [1.29, 1.82) is 0 Å². The van der Waals surface area contributed by atoms with Crippen molar-refractivity contribution in [3.63, 3.8) is 0 Å². The van der Waals surface area contributed by atoms with Crippen molar-refractivity contribution in [2.45, 2.75) is 0 Å². The van der Waals surface area contributed by atoms with E-state index in [1.807, 2.05) is 43.3 Å². The van der Waals surface area contributed by atoms with Crippen molar-refractivity contribution in [3.05, 3.63) is 70.4 Å². The Morgan fingerprint density at radius 2 is 1.70 bits per heavy atom. The van der Waals surface area contributed by atoms with Crippen molar-refractivity contribution in [2.75, 3.05) is 19.0 Å². The van der Waals surface area contributed by atoms with Crippen LogP contribution in [0.1, 0.15) is 11.1 Å². The number of aliphatic imine (C=N–C) groups is 1. The van der Waals surface area contributed by atoms with E-state index in [9.17, 15) is 4.79 Å². The Morgan fingerprint density at radius 3 is 2.30 bits per heavy atom. The minimum atomic E-state index is -0.452. The van der Waals surface area contributed by atoms with Crippen molar-refractivity contribution in [1.82, 2.24) is 0 Å². The molecule has 0 aliphatic carbocycles. The standard InChI is InChI=1S/C18H15ClN2O2/c1-21(2)15-9-3-12(4-10-15)11-16-18(22)23-17(20-16)13-5-7-14(19)8-6-13/h3-11H,1-2H3/b16-11-. The van der Waals surface area contributed by atoms with Crippen molar-refractivity contribution in [2.24, 2.45) is 4.99 Å². The highest BCUT2D eigenvalue weighted by molar-refractivity contribution is 6.30. The molecule has 4 nitrogen and oxygen atoms in total. The number of benzene rings is 2. The van der Waals surface area contributed by atoms with Crippen LogP contribution in [0.15, 0.2) is 59.2 Å². The molecule has 0 atom stereocenters. The van der Waals surface area contributed by atoms with E-state index in [4.69, 9.17) is 16.3 Å². The number of rotatable bonds is 3. The van der Waals surface area contributed by atoms with Gasteiger partial charge in [-0.05, 0) is 48.0 Å². The molecule has 2 aromatic carbocycles. The molecule has 0 saturated heterocycles. The third-order valence-electron chi connectivity index (χ3n) is 3.42. The zero-order valence-corrected chi connectivity index (χ0v) is 13.5. The third kappa shape index (κ3) is 3.43. The molecule has 0 saturated carbocycles. The molecule has 116 valence electrons. The number of carbonyl (C=O) groups excluding carboxylic acids is 1. The molecule has 0 radical (unpaired) electrons. The number of anilines is 1. The first-order valence-corrected chi connectivity index (χ1v) is 7.46. The van der Waals surface area contributed by atoms with E-state index in [1.54, 1.807) is 30.3 Å². The van der Waals surface area contributed by atoms with Crippen molar-refractivity contribution in [3.8, 4) is 0 Å². The van der Waals surface area contributed by atoms with E-state index < -0.39 is 5.97 Å². The first-order chi connectivity index (χ1) is 11.0. The number of esters is 1. The summed E-state index contributed by atoms with van der Waals surface area (Å²) in [6.07, 6.45) is 1.71. The Kier molecular flexibility index (Phi) is 4.17. The van der Waals surface area contributed by atoms with Crippen LogP contribution in [-0.2, 0) is 9.53 Å². The van der Waals surface area contributed by atoms with Gasteiger partial charge >= 0.3 is 5.97 Å². The molecule has 23 heavy (non-hydrogen) atoms. The fraction of sp³-hybridized carbons (Fsp3) is 0.111. The average Bonchev–Trinajstić information content (AvgIpc) is 2.89. The number of hydrogen-bond acceptors (Lipinski definition) is 4. The topological polar surface area (TPSA) is 41.9 Å². The lowest BCUT2D eigenvalue weighted by atomic mass is 10.1. The highest BCUT2D eigenvalue weighted by atomic mass is 35.5. The molecule has 0 N–H and O–H groups in total. The predicted molar refractivity (Wildman–Crippen MR) is 92.8 cm³/mol. The maximum atomic E-state index is 12.0. The van der Waals surface area contributed by atoms with Gasteiger partial charge in [-0.25, -0.2) is 9.79 Å². The fourth-order valence-corrected chi connectivity index (χ4v) is 2.28. The Morgan fingerprint density at radius 1 is 1.04 bits per heavy atom. The minimum Gasteiger partial charge on any atom is -0.402 e. The van der Waals surface area contributed by atoms with Crippen LogP contribution < -0.4 is 4.90 Å². The smallest absolute Gasteiger partial charge is 0.363 e. The van der Waals surface area contributed by atoms with Gasteiger partial charge in [-0.2, -0.15) is 0 Å². The second-order valence-electron chi connectivity index (χ2n) is 5.33. The largest absolute Gasteiger partial charge is 0.402 e. The molecule has 0 unspecified atom stereocenters. The van der Waals surface area contributed by atoms with E-state index in [1.165, 1.54) is 0 Å². The van der Waals surface area contributed by atoms with E-state index in [-0.39, 0.29) is 5.70 Å². The molecule has 3 rings (SSSR count). The zero-order valence-electron chi connectivity index (χ0n) is 12.8. The summed E-state index contributed by atoms with van der Waals surface area (Å²) in [4.78, 5) is 18.3. The Balaban J connectivity index is 1.87. The summed E-state index contributed by atoms with van der Waals surface area (Å²) < 4.78 is 5.23. The molecule has 0 fully saturated rings. The highest BCUT2D eigenvalue weighted by Crippen LogP contribution is 2.21. The van der Waals surface area contributed by atoms with Crippen LogP contribution in [0.4, 0.5) is 5.69 Å². The normalized spacial score (nSPS) is 15.5. The molecule has 1 aliphatic heterocycles. The summed E-state index contributed by atoms with van der Waals surface area (Å²) >= 11 is 5.86. The van der Waals surface area contributed by atoms with E-state index >= 15 is 0 Å². The lowest BCUT2D eigenvalue weighted by molar-refractivity contribution is -0.129. The summed E-state index contributed by atoms with van der Waals surface area (Å²) in [6.45, 7) is 0. The summed E-state index contributed by atoms with van der Waals surface area (Å²) in [5.74, 6) is -0.158. The third-order valence-corrected chi connectivity index (χ3v) is 3.68. The monoisotopic (exact) mass is 326 g/mol. The van der Waals surface area contributed by atoms with Crippen LogP contribution in [0.2, 0.25) is 5.02 Å². The Hall–Kier alpha value is -2.59. The molecule has 2 aromatic rings. The summed E-state index contributed by atoms with van der Waals surface area (Å²) in [6, 6.07) is 14.8. The fourth-order valence-electron chi connectivity index (χ4n) is 2.15. The minimum absolute atomic E-state index is 0.285. The van der Waals surface area contributed by atoms with E-state index in [0.717, 1.165) is 11.3 Å². The predicted octanol–water partition coefficient (Wildman–Crippen LogP) is 3.75. The molecular weight excluding hydrogens is 312 g/mol. The molecule has 0 amide bonds. The molecular formula is C18H15ClN2O2. The second-order valence-corrected chi connectivity index (χ2v) is 5.77. The van der Waals surface area contributed by atoms with Gasteiger partial charge in [-0.1, -0.05) is 23.7 Å². The summed E-state index contributed by atoms with van der Waals surface area (Å²) in [5, 5.41) is 0.621. The molecule has 0 aromatic heterocycles. The van der Waals surface area contributed by atoms with Crippen LogP contribution in [0.5, 0.6) is 0 Å². The van der Waals surface area contributed by atoms with Crippen LogP contribution in [-0.4, -0.2) is 26.0 Å². The van der Waals surface area contributed by atoms with Gasteiger partial charge in [-0.3, -0.25) is 0 Å². The van der Waals surface area contributed by atoms with Crippen LogP contribution >= 0.6 is 11.6 Å². The van der Waals surface area contributed by atoms with Crippen LogP contribution in [0.25, 0.3) is 6.08 Å². The van der Waals surface area contributed by atoms with Gasteiger partial charge in [0.15, 0.2) is 5.70 Å². The van der Waals surface area contributed by atoms with Crippen LogP contribution in [0, 0.1) is 0 Å². The quantitative estimate of drug-likeness (QED) is 0.637. The second kappa shape index (κ2) is 6.26. The highest BCUT2D eigenvalue weighted by Gasteiger charge is 2.23. The zero-order chi connectivity index (χ0) is 16.4. The maximum absolute atomic E-state index is 12.0. The number of hydrogen-bond donors (Lipinski definition) is 0. The number of halogens is 1. The molecule has 1 aliphatic rings. The van der Waals surface area contributed by atoms with Crippen molar-refractivity contribution >= 4 is 35.2 Å². The van der Waals surface area contributed by atoms with Gasteiger partial charge < -0.3 is 9.64 Å². The molecule has 5 heteroatoms. The Bertz CT molecular complexity index is 791. The number of nitrogens with zero attached hydrogens (tertiary/aromatic N) is 2. The molecule has 1 heterocycles. The van der Waals surface area contributed by atoms with Gasteiger partial charge in [0.05, 0.1) is 0 Å².